The number of hydrogen-bond donors (Lipinski definition) is 1. The Kier molecular flexibility index (Phi) is 3.58. The zero-order valence-electron chi connectivity index (χ0n) is 11.8. The third-order valence-electron chi connectivity index (χ3n) is 3.38. The molecular weight excluding hydrogens is 282 g/mol. The fourth-order valence-corrected chi connectivity index (χ4v) is 2.57. The van der Waals surface area contributed by atoms with E-state index in [9.17, 15) is 0 Å². The van der Waals surface area contributed by atoms with Crippen molar-refractivity contribution in [2.45, 2.75) is 6.92 Å². The number of hydrogen-bond acceptors (Lipinski definition) is 3. The molecule has 0 amide bonds. The first kappa shape index (κ1) is 13.6. The molecule has 0 spiro atoms. The first-order valence-electron chi connectivity index (χ1n) is 6.59. The highest BCUT2D eigenvalue weighted by atomic mass is 32.1. The number of benzene rings is 2. The Morgan fingerprint density at radius 1 is 1.10 bits per heavy atom. The van der Waals surface area contributed by atoms with Crippen molar-refractivity contribution in [3.05, 3.63) is 58.9 Å². The van der Waals surface area contributed by atoms with Gasteiger partial charge in [-0.15, -0.1) is 0 Å². The summed E-state index contributed by atoms with van der Waals surface area (Å²) in [6.45, 7) is 2.06. The molecule has 0 saturated heterocycles. The lowest BCUT2D eigenvalue weighted by Crippen LogP contribution is -2.01. The van der Waals surface area contributed by atoms with Crippen molar-refractivity contribution < 1.29 is 4.74 Å². The van der Waals surface area contributed by atoms with Crippen LogP contribution in [0.3, 0.4) is 0 Å². The van der Waals surface area contributed by atoms with Crippen LogP contribution in [0.5, 0.6) is 5.75 Å². The predicted molar refractivity (Wildman–Crippen MR) is 85.5 cm³/mol. The quantitative estimate of drug-likeness (QED) is 0.745. The zero-order valence-corrected chi connectivity index (χ0v) is 12.6. The summed E-state index contributed by atoms with van der Waals surface area (Å²) in [5, 5.41) is 7.26. The molecule has 2 aromatic carbocycles. The summed E-state index contributed by atoms with van der Waals surface area (Å²) in [4.78, 5) is 0. The lowest BCUT2D eigenvalue weighted by Gasteiger charge is -2.12. The summed E-state index contributed by atoms with van der Waals surface area (Å²) in [5.41, 5.74) is 3.05. The molecule has 0 bridgehead atoms. The van der Waals surface area contributed by atoms with Crippen LogP contribution in [0.25, 0.3) is 17.1 Å². The molecule has 0 unspecified atom stereocenters. The molecule has 1 heterocycles. The number of rotatable bonds is 3. The fraction of sp³-hybridized carbons (Fsp3) is 0.125. The van der Waals surface area contributed by atoms with E-state index in [2.05, 4.69) is 23.2 Å². The van der Waals surface area contributed by atoms with Gasteiger partial charge in [0, 0.05) is 5.56 Å². The molecule has 1 N–H and O–H groups in total. The normalized spacial score (nSPS) is 10.6. The third-order valence-corrected chi connectivity index (χ3v) is 3.66. The lowest BCUT2D eigenvalue weighted by atomic mass is 10.1. The van der Waals surface area contributed by atoms with Gasteiger partial charge in [0.1, 0.15) is 5.75 Å². The summed E-state index contributed by atoms with van der Waals surface area (Å²) in [5.74, 6) is 1.53. The summed E-state index contributed by atoms with van der Waals surface area (Å²) < 4.78 is 7.88. The minimum Gasteiger partial charge on any atom is -0.495 e. The van der Waals surface area contributed by atoms with Gasteiger partial charge in [-0.25, -0.2) is 0 Å². The predicted octanol–water partition coefficient (Wildman–Crippen LogP) is 3.91. The van der Waals surface area contributed by atoms with E-state index < -0.39 is 0 Å². The molecule has 5 heteroatoms. The van der Waals surface area contributed by atoms with Crippen molar-refractivity contribution in [3.63, 3.8) is 0 Å². The van der Waals surface area contributed by atoms with Gasteiger partial charge in [-0.2, -0.15) is 5.10 Å². The average molecular weight is 297 g/mol. The van der Waals surface area contributed by atoms with Crippen molar-refractivity contribution in [3.8, 4) is 22.8 Å². The molecule has 4 nitrogen and oxygen atoms in total. The molecule has 106 valence electrons. The molecule has 0 aliphatic rings. The number of ether oxygens (including phenoxy) is 1. The highest BCUT2D eigenvalue weighted by Gasteiger charge is 2.15. The minimum absolute atomic E-state index is 0.540. The van der Waals surface area contributed by atoms with Crippen LogP contribution in [-0.2, 0) is 0 Å². The fourth-order valence-electron chi connectivity index (χ4n) is 2.34. The number of nitrogens with one attached hydrogen (secondary N) is 1. The molecular formula is C16H15N3OS. The smallest absolute Gasteiger partial charge is 0.200 e. The van der Waals surface area contributed by atoms with Crippen molar-refractivity contribution in [1.82, 2.24) is 14.8 Å². The lowest BCUT2D eigenvalue weighted by molar-refractivity contribution is 0.413. The van der Waals surface area contributed by atoms with E-state index in [1.165, 1.54) is 0 Å². The van der Waals surface area contributed by atoms with Crippen molar-refractivity contribution in [2.24, 2.45) is 0 Å². The molecule has 0 aliphatic heterocycles. The van der Waals surface area contributed by atoms with Gasteiger partial charge in [0.2, 0.25) is 0 Å². The van der Waals surface area contributed by atoms with Gasteiger partial charge in [0.15, 0.2) is 10.6 Å². The maximum atomic E-state index is 5.44. The molecule has 0 saturated carbocycles. The van der Waals surface area contributed by atoms with E-state index in [4.69, 9.17) is 17.0 Å². The maximum Gasteiger partial charge on any atom is 0.200 e. The molecule has 0 atom stereocenters. The standard InChI is InChI=1S/C16H15N3OS/c1-11-7-3-4-8-12(11)15-17-18-16(21)19(15)13-9-5-6-10-14(13)20-2/h3-10H,1-2H3,(H,18,21). The van der Waals surface area contributed by atoms with Crippen molar-refractivity contribution >= 4 is 12.2 Å². The second kappa shape index (κ2) is 5.54. The number of aromatic amines is 1. The monoisotopic (exact) mass is 297 g/mol. The Bertz CT molecular complexity index is 835. The summed E-state index contributed by atoms with van der Waals surface area (Å²) in [6, 6.07) is 15.8. The molecule has 1 aromatic heterocycles. The van der Waals surface area contributed by atoms with E-state index in [-0.39, 0.29) is 0 Å². The summed E-state index contributed by atoms with van der Waals surface area (Å²) in [6.07, 6.45) is 0. The van der Waals surface area contributed by atoms with Crippen LogP contribution < -0.4 is 4.74 Å². The Balaban J connectivity index is 2.28. The highest BCUT2D eigenvalue weighted by Crippen LogP contribution is 2.29. The summed E-state index contributed by atoms with van der Waals surface area (Å²) >= 11 is 5.39. The van der Waals surface area contributed by atoms with E-state index >= 15 is 0 Å². The summed E-state index contributed by atoms with van der Waals surface area (Å²) in [7, 11) is 1.65. The Hall–Kier alpha value is -2.40. The third kappa shape index (κ3) is 2.36. The number of H-pyrrole nitrogens is 1. The maximum absolute atomic E-state index is 5.44. The van der Waals surface area contributed by atoms with Gasteiger partial charge >= 0.3 is 0 Å². The van der Waals surface area contributed by atoms with Crippen molar-refractivity contribution in [1.29, 1.82) is 0 Å². The largest absolute Gasteiger partial charge is 0.495 e. The SMILES string of the molecule is COc1ccccc1-n1c(-c2ccccc2C)n[nH]c1=S. The van der Waals surface area contributed by atoms with Crippen LogP contribution in [0, 0.1) is 11.7 Å². The van der Waals surface area contributed by atoms with E-state index in [1.54, 1.807) is 7.11 Å². The van der Waals surface area contributed by atoms with Gasteiger partial charge in [0.25, 0.3) is 0 Å². The average Bonchev–Trinajstić information content (AvgIpc) is 2.89. The Morgan fingerprint density at radius 2 is 1.81 bits per heavy atom. The van der Waals surface area contributed by atoms with Crippen molar-refractivity contribution in [2.75, 3.05) is 7.11 Å². The number of nitrogens with zero attached hydrogens (tertiary/aromatic N) is 2. The van der Waals surface area contributed by atoms with Gasteiger partial charge < -0.3 is 4.74 Å². The second-order valence-corrected chi connectivity index (χ2v) is 5.06. The van der Waals surface area contributed by atoms with Crippen LogP contribution in [0.2, 0.25) is 0 Å². The first-order valence-corrected chi connectivity index (χ1v) is 7.00. The Labute approximate surface area is 128 Å². The number of aryl methyl sites for hydroxylation is 1. The number of aromatic nitrogens is 3. The molecule has 0 radical (unpaired) electrons. The van der Waals surface area contributed by atoms with E-state index in [1.807, 2.05) is 47.0 Å². The van der Waals surface area contributed by atoms with Crippen LogP contribution in [0.15, 0.2) is 48.5 Å². The minimum atomic E-state index is 0.540. The van der Waals surface area contributed by atoms with Crippen LogP contribution >= 0.6 is 12.2 Å². The van der Waals surface area contributed by atoms with E-state index in [0.717, 1.165) is 28.4 Å². The first-order chi connectivity index (χ1) is 10.2. The molecule has 3 rings (SSSR count). The van der Waals surface area contributed by atoms with Gasteiger partial charge in [0.05, 0.1) is 12.8 Å². The molecule has 0 fully saturated rings. The highest BCUT2D eigenvalue weighted by molar-refractivity contribution is 7.71. The number of methoxy groups -OCH3 is 1. The Morgan fingerprint density at radius 3 is 2.57 bits per heavy atom. The zero-order chi connectivity index (χ0) is 14.8. The van der Waals surface area contributed by atoms with Gasteiger partial charge in [-0.05, 0) is 36.8 Å². The number of para-hydroxylation sites is 2. The van der Waals surface area contributed by atoms with Gasteiger partial charge in [-0.3, -0.25) is 9.67 Å². The second-order valence-electron chi connectivity index (χ2n) is 4.67. The van der Waals surface area contributed by atoms with Gasteiger partial charge in [-0.1, -0.05) is 36.4 Å². The topological polar surface area (TPSA) is 42.8 Å². The van der Waals surface area contributed by atoms with Crippen LogP contribution in [0.1, 0.15) is 5.56 Å². The van der Waals surface area contributed by atoms with Crippen LogP contribution in [0.4, 0.5) is 0 Å². The molecule has 21 heavy (non-hydrogen) atoms. The van der Waals surface area contributed by atoms with E-state index in [0.29, 0.717) is 4.77 Å². The molecule has 3 aromatic rings. The molecule has 0 aliphatic carbocycles. The van der Waals surface area contributed by atoms with Crippen LogP contribution in [-0.4, -0.2) is 21.9 Å².